The number of hydrogen-bond donors (Lipinski definition) is 2. The summed E-state index contributed by atoms with van der Waals surface area (Å²) in [7, 11) is -1.05. The average Bonchev–Trinajstić information content (AvgIpc) is 2.56. The number of amides is 1. The first-order valence-corrected chi connectivity index (χ1v) is 8.04. The van der Waals surface area contributed by atoms with Crippen molar-refractivity contribution in [1.29, 1.82) is 0 Å². The van der Waals surface area contributed by atoms with E-state index in [1.54, 1.807) is 0 Å². The van der Waals surface area contributed by atoms with Crippen LogP contribution in [-0.4, -0.2) is 28.5 Å². The van der Waals surface area contributed by atoms with Gasteiger partial charge in [-0.3, -0.25) is 4.79 Å². The highest BCUT2D eigenvalue weighted by molar-refractivity contribution is 7.89. The van der Waals surface area contributed by atoms with Crippen molar-refractivity contribution in [2.24, 2.45) is 0 Å². The molecule has 6 nitrogen and oxygen atoms in total. The van der Waals surface area contributed by atoms with Crippen LogP contribution in [0.5, 0.6) is 5.75 Å². The highest BCUT2D eigenvalue weighted by atomic mass is 32.2. The highest BCUT2D eigenvalue weighted by Crippen LogP contribution is 2.23. The molecule has 0 aromatic heterocycles. The summed E-state index contributed by atoms with van der Waals surface area (Å²) in [6.07, 6.45) is 0. The van der Waals surface area contributed by atoms with Crippen molar-refractivity contribution in [3.8, 4) is 5.75 Å². The maximum Gasteiger partial charge on any atom is 0.259 e. The summed E-state index contributed by atoms with van der Waals surface area (Å²) < 4.78 is 43.8. The average molecular weight is 338 g/mol. The molecule has 0 aliphatic heterocycles. The lowest BCUT2D eigenvalue weighted by Crippen LogP contribution is -2.20. The van der Waals surface area contributed by atoms with Gasteiger partial charge in [0.05, 0.1) is 17.6 Å². The van der Waals surface area contributed by atoms with E-state index >= 15 is 0 Å². The molecule has 1 amide bonds. The van der Waals surface area contributed by atoms with Crippen molar-refractivity contribution in [1.82, 2.24) is 4.72 Å². The van der Waals surface area contributed by atoms with E-state index in [0.717, 1.165) is 0 Å². The van der Waals surface area contributed by atoms with Crippen LogP contribution in [0.2, 0.25) is 0 Å². The first kappa shape index (κ1) is 16.9. The van der Waals surface area contributed by atoms with Crippen LogP contribution in [-0.2, 0) is 10.0 Å². The van der Waals surface area contributed by atoms with Crippen LogP contribution in [0.25, 0.3) is 0 Å². The number of halogens is 1. The normalized spacial score (nSPS) is 11.1. The van der Waals surface area contributed by atoms with E-state index in [-0.39, 0.29) is 16.2 Å². The molecule has 0 bridgehead atoms. The van der Waals surface area contributed by atoms with Gasteiger partial charge < -0.3 is 10.1 Å². The zero-order valence-electron chi connectivity index (χ0n) is 12.5. The summed E-state index contributed by atoms with van der Waals surface area (Å²) in [6.45, 7) is 0. The minimum Gasteiger partial charge on any atom is -0.496 e. The van der Waals surface area contributed by atoms with Gasteiger partial charge in [0.15, 0.2) is 0 Å². The Morgan fingerprint density at radius 1 is 1.13 bits per heavy atom. The second-order valence-corrected chi connectivity index (χ2v) is 6.42. The molecule has 2 N–H and O–H groups in total. The zero-order chi connectivity index (χ0) is 17.0. The summed E-state index contributed by atoms with van der Waals surface area (Å²) in [5.41, 5.74) is 0.425. The van der Waals surface area contributed by atoms with Gasteiger partial charge in [-0.1, -0.05) is 0 Å². The maximum absolute atomic E-state index is 12.9. The minimum absolute atomic E-state index is 0.0492. The number of anilines is 1. The van der Waals surface area contributed by atoms with Gasteiger partial charge in [0.25, 0.3) is 5.91 Å². The predicted octanol–water partition coefficient (Wildman–Crippen LogP) is 1.99. The number of ether oxygens (including phenoxy) is 1. The second kappa shape index (κ2) is 6.76. The third-order valence-corrected chi connectivity index (χ3v) is 4.51. The fourth-order valence-corrected chi connectivity index (χ4v) is 2.64. The Labute approximate surface area is 133 Å². The molecule has 0 fully saturated rings. The molecule has 0 radical (unpaired) electrons. The molecule has 2 rings (SSSR count). The number of carbonyl (C=O) groups is 1. The predicted molar refractivity (Wildman–Crippen MR) is 83.6 cm³/mol. The highest BCUT2D eigenvalue weighted by Gasteiger charge is 2.18. The van der Waals surface area contributed by atoms with Crippen molar-refractivity contribution in [2.45, 2.75) is 4.90 Å². The first-order valence-electron chi connectivity index (χ1n) is 6.56. The maximum atomic E-state index is 12.9. The summed E-state index contributed by atoms with van der Waals surface area (Å²) in [6, 6.07) is 9.14. The molecular formula is C15H15FN2O4S. The molecule has 0 saturated carbocycles. The smallest absolute Gasteiger partial charge is 0.259 e. The topological polar surface area (TPSA) is 84.5 Å². The van der Waals surface area contributed by atoms with E-state index in [1.165, 1.54) is 56.6 Å². The monoisotopic (exact) mass is 338 g/mol. The minimum atomic E-state index is -3.69. The van der Waals surface area contributed by atoms with E-state index in [0.29, 0.717) is 5.69 Å². The van der Waals surface area contributed by atoms with Crippen molar-refractivity contribution < 1.29 is 22.3 Å². The number of hydrogen-bond acceptors (Lipinski definition) is 4. The molecule has 8 heteroatoms. The third kappa shape index (κ3) is 3.85. The van der Waals surface area contributed by atoms with Gasteiger partial charge in [0.1, 0.15) is 11.6 Å². The lowest BCUT2D eigenvalue weighted by molar-refractivity contribution is 0.102. The Bertz CT molecular complexity index is 820. The van der Waals surface area contributed by atoms with Gasteiger partial charge in [0.2, 0.25) is 10.0 Å². The molecule has 0 aliphatic rings. The van der Waals surface area contributed by atoms with Gasteiger partial charge in [0, 0.05) is 5.69 Å². The molecule has 0 atom stereocenters. The van der Waals surface area contributed by atoms with E-state index in [9.17, 15) is 17.6 Å². The summed E-state index contributed by atoms with van der Waals surface area (Å²) in [4.78, 5) is 12.3. The molecule has 2 aromatic rings. The largest absolute Gasteiger partial charge is 0.496 e. The van der Waals surface area contributed by atoms with E-state index in [1.807, 2.05) is 0 Å². The summed E-state index contributed by atoms with van der Waals surface area (Å²) >= 11 is 0. The molecule has 122 valence electrons. The van der Waals surface area contributed by atoms with Crippen LogP contribution in [0.1, 0.15) is 10.4 Å². The van der Waals surface area contributed by atoms with E-state index < -0.39 is 21.7 Å². The first-order chi connectivity index (χ1) is 10.9. The number of rotatable bonds is 5. The number of benzene rings is 2. The van der Waals surface area contributed by atoms with Crippen LogP contribution in [0.15, 0.2) is 47.4 Å². The Kier molecular flexibility index (Phi) is 4.97. The summed E-state index contributed by atoms with van der Waals surface area (Å²) in [5, 5.41) is 2.56. The number of carbonyl (C=O) groups excluding carboxylic acids is 1. The second-order valence-electron chi connectivity index (χ2n) is 4.53. The molecule has 23 heavy (non-hydrogen) atoms. The molecule has 0 aliphatic carbocycles. The lowest BCUT2D eigenvalue weighted by Gasteiger charge is -2.11. The Morgan fingerprint density at radius 3 is 2.35 bits per heavy atom. The van der Waals surface area contributed by atoms with Gasteiger partial charge >= 0.3 is 0 Å². The van der Waals surface area contributed by atoms with Gasteiger partial charge in [-0.05, 0) is 49.5 Å². The number of methoxy groups -OCH3 is 1. The molecule has 0 unspecified atom stereocenters. The fraction of sp³-hybridized carbons (Fsp3) is 0.133. The molecule has 0 saturated heterocycles. The van der Waals surface area contributed by atoms with Gasteiger partial charge in [-0.2, -0.15) is 0 Å². The van der Waals surface area contributed by atoms with Crippen LogP contribution in [0, 0.1) is 5.82 Å². The molecular weight excluding hydrogens is 323 g/mol. The van der Waals surface area contributed by atoms with Crippen LogP contribution in [0.4, 0.5) is 10.1 Å². The Morgan fingerprint density at radius 2 is 1.78 bits per heavy atom. The Hall–Kier alpha value is -2.45. The third-order valence-electron chi connectivity index (χ3n) is 3.10. The van der Waals surface area contributed by atoms with Crippen molar-refractivity contribution >= 4 is 21.6 Å². The summed E-state index contributed by atoms with van der Waals surface area (Å²) in [5.74, 6) is -0.774. The van der Waals surface area contributed by atoms with Crippen molar-refractivity contribution in [2.75, 3.05) is 19.5 Å². The fourth-order valence-electron chi connectivity index (χ4n) is 1.88. The van der Waals surface area contributed by atoms with Crippen molar-refractivity contribution in [3.63, 3.8) is 0 Å². The van der Waals surface area contributed by atoms with Gasteiger partial charge in [-0.15, -0.1) is 0 Å². The quantitative estimate of drug-likeness (QED) is 0.873. The van der Waals surface area contributed by atoms with E-state index in [2.05, 4.69) is 10.0 Å². The van der Waals surface area contributed by atoms with Crippen molar-refractivity contribution in [3.05, 3.63) is 53.8 Å². The number of nitrogens with one attached hydrogen (secondary N) is 2. The molecule has 2 aromatic carbocycles. The van der Waals surface area contributed by atoms with Crippen LogP contribution in [0.3, 0.4) is 0 Å². The Balaban J connectivity index is 2.38. The zero-order valence-corrected chi connectivity index (χ0v) is 13.3. The van der Waals surface area contributed by atoms with Crippen LogP contribution < -0.4 is 14.8 Å². The molecule has 0 spiro atoms. The van der Waals surface area contributed by atoms with Gasteiger partial charge in [-0.25, -0.2) is 17.5 Å². The van der Waals surface area contributed by atoms with E-state index in [4.69, 9.17) is 4.74 Å². The van der Waals surface area contributed by atoms with Crippen LogP contribution >= 0.6 is 0 Å². The number of sulfonamides is 1. The SMILES string of the molecule is CNS(=O)(=O)c1ccc(OC)c(C(=O)Nc2ccc(F)cc2)c1. The standard InChI is InChI=1S/C15H15FN2O4S/c1-17-23(20,21)12-7-8-14(22-2)13(9-12)15(19)18-11-5-3-10(16)4-6-11/h3-9,17H,1-2H3,(H,18,19). The lowest BCUT2D eigenvalue weighted by atomic mass is 10.2. The molecule has 0 heterocycles.